The van der Waals surface area contributed by atoms with Crippen LogP contribution in [-0.2, 0) is 0 Å². The first-order valence-corrected chi connectivity index (χ1v) is 5.11. The van der Waals surface area contributed by atoms with Crippen LogP contribution in [0.2, 0.25) is 0 Å². The molecule has 0 saturated carbocycles. The summed E-state index contributed by atoms with van der Waals surface area (Å²) in [6, 6.07) is 4.04. The molecule has 1 atom stereocenters. The zero-order chi connectivity index (χ0) is 7.56. The maximum Gasteiger partial charge on any atom is 0.136 e. The predicted octanol–water partition coefficient (Wildman–Crippen LogP) is 3.47. The highest BCUT2D eigenvalue weighted by Gasteiger charge is 2.10. The van der Waals surface area contributed by atoms with Gasteiger partial charge in [-0.2, -0.15) is 5.26 Å². The normalized spacial score (nSPS) is 12.5. The quantitative estimate of drug-likeness (QED) is 0.723. The Balaban J connectivity index is 2.96. The van der Waals surface area contributed by atoms with Crippen molar-refractivity contribution in [3.63, 3.8) is 0 Å². The van der Waals surface area contributed by atoms with Crippen molar-refractivity contribution < 1.29 is 0 Å². The first-order chi connectivity index (χ1) is 4.75. The maximum absolute atomic E-state index is 8.52. The Morgan fingerprint density at radius 3 is 2.80 bits per heavy atom. The molecule has 0 aromatic carbocycles. The number of alkyl halides is 1. The third-order valence-electron chi connectivity index (χ3n) is 0.988. The van der Waals surface area contributed by atoms with Gasteiger partial charge in [0.15, 0.2) is 0 Å². The molecule has 4 heteroatoms. The molecular weight excluding hydrogens is 278 g/mol. The fourth-order valence-corrected chi connectivity index (χ4v) is 2.94. The summed E-state index contributed by atoms with van der Waals surface area (Å²) in [5.74, 6) is 0. The first-order valence-electron chi connectivity index (χ1n) is 2.52. The van der Waals surface area contributed by atoms with Crippen molar-refractivity contribution in [2.24, 2.45) is 0 Å². The Bertz CT molecular complexity index is 263. The van der Waals surface area contributed by atoms with Gasteiger partial charge in [0.05, 0.1) is 6.07 Å². The van der Waals surface area contributed by atoms with E-state index < -0.39 is 0 Å². The molecule has 1 unspecified atom stereocenters. The molecule has 0 aliphatic carbocycles. The van der Waals surface area contributed by atoms with Crippen molar-refractivity contribution in [2.45, 2.75) is 4.83 Å². The van der Waals surface area contributed by atoms with Crippen LogP contribution in [0.4, 0.5) is 0 Å². The second kappa shape index (κ2) is 3.51. The van der Waals surface area contributed by atoms with Gasteiger partial charge in [-0.05, 0) is 27.4 Å². The van der Waals surface area contributed by atoms with Gasteiger partial charge >= 0.3 is 0 Å². The Hall–Kier alpha value is 0.150. The number of hydrogen-bond acceptors (Lipinski definition) is 2. The Morgan fingerprint density at radius 2 is 2.40 bits per heavy atom. The van der Waals surface area contributed by atoms with Gasteiger partial charge in [-0.1, -0.05) is 15.9 Å². The zero-order valence-corrected chi connectivity index (χ0v) is 8.83. The van der Waals surface area contributed by atoms with E-state index in [1.807, 2.05) is 11.4 Å². The third-order valence-corrected chi connectivity index (χ3v) is 3.89. The van der Waals surface area contributed by atoms with E-state index in [-0.39, 0.29) is 4.83 Å². The zero-order valence-electron chi connectivity index (χ0n) is 4.84. The van der Waals surface area contributed by atoms with E-state index in [0.717, 1.165) is 9.35 Å². The van der Waals surface area contributed by atoms with Crippen molar-refractivity contribution in [2.75, 3.05) is 0 Å². The number of halogens is 2. The summed E-state index contributed by atoms with van der Waals surface area (Å²) in [7, 11) is 0. The summed E-state index contributed by atoms with van der Waals surface area (Å²) in [6.07, 6.45) is 0. The summed E-state index contributed by atoms with van der Waals surface area (Å²) in [5.41, 5.74) is 0. The molecule has 0 aliphatic rings. The standard InChI is InChI=1S/C6H3Br2NS/c7-4-1-2-10-6(4)5(8)3-9/h1-2,5H. The van der Waals surface area contributed by atoms with Gasteiger partial charge in [0.25, 0.3) is 0 Å². The lowest BCUT2D eigenvalue weighted by Crippen LogP contribution is -1.78. The van der Waals surface area contributed by atoms with E-state index in [4.69, 9.17) is 5.26 Å². The topological polar surface area (TPSA) is 23.8 Å². The molecule has 10 heavy (non-hydrogen) atoms. The lowest BCUT2D eigenvalue weighted by Gasteiger charge is -1.94. The molecule has 1 aromatic rings. The van der Waals surface area contributed by atoms with E-state index in [9.17, 15) is 0 Å². The van der Waals surface area contributed by atoms with Gasteiger partial charge in [0.2, 0.25) is 0 Å². The average Bonchev–Trinajstić information content (AvgIpc) is 2.34. The van der Waals surface area contributed by atoms with Gasteiger partial charge in [-0.15, -0.1) is 11.3 Å². The fourth-order valence-electron chi connectivity index (χ4n) is 0.545. The largest absolute Gasteiger partial charge is 0.197 e. The van der Waals surface area contributed by atoms with Crippen LogP contribution in [0.3, 0.4) is 0 Å². The Labute approximate surface area is 79.9 Å². The summed E-state index contributed by atoms with van der Waals surface area (Å²) < 4.78 is 1.00. The van der Waals surface area contributed by atoms with Gasteiger partial charge in [0.1, 0.15) is 4.83 Å². The van der Waals surface area contributed by atoms with Crippen molar-refractivity contribution in [3.05, 3.63) is 20.8 Å². The summed E-state index contributed by atoms with van der Waals surface area (Å²) in [6.45, 7) is 0. The number of rotatable bonds is 1. The van der Waals surface area contributed by atoms with Crippen molar-refractivity contribution in [3.8, 4) is 6.07 Å². The molecule has 1 aromatic heterocycles. The number of thiophene rings is 1. The van der Waals surface area contributed by atoms with Gasteiger partial charge in [-0.3, -0.25) is 0 Å². The van der Waals surface area contributed by atoms with E-state index in [2.05, 4.69) is 37.9 Å². The molecule has 0 radical (unpaired) electrons. The van der Waals surface area contributed by atoms with Crippen LogP contribution in [0.25, 0.3) is 0 Å². The SMILES string of the molecule is N#CC(Br)c1sccc1Br. The molecule has 0 N–H and O–H groups in total. The Morgan fingerprint density at radius 1 is 1.70 bits per heavy atom. The highest BCUT2D eigenvalue weighted by atomic mass is 79.9. The van der Waals surface area contributed by atoms with Gasteiger partial charge in [-0.25, -0.2) is 0 Å². The van der Waals surface area contributed by atoms with Gasteiger partial charge in [0, 0.05) is 9.35 Å². The van der Waals surface area contributed by atoms with Crippen LogP contribution in [0.5, 0.6) is 0 Å². The number of hydrogen-bond donors (Lipinski definition) is 0. The van der Waals surface area contributed by atoms with Crippen LogP contribution >= 0.6 is 43.2 Å². The summed E-state index contributed by atoms with van der Waals surface area (Å²) >= 11 is 8.14. The molecule has 1 rings (SSSR count). The molecule has 0 aliphatic heterocycles. The summed E-state index contributed by atoms with van der Waals surface area (Å²) in [4.78, 5) is 0.851. The molecule has 1 nitrogen and oxygen atoms in total. The molecule has 0 spiro atoms. The van der Waals surface area contributed by atoms with Crippen molar-refractivity contribution >= 4 is 43.2 Å². The molecule has 0 bridgehead atoms. The highest BCUT2D eigenvalue weighted by Crippen LogP contribution is 2.33. The van der Waals surface area contributed by atoms with Crippen LogP contribution in [0.15, 0.2) is 15.9 Å². The smallest absolute Gasteiger partial charge is 0.136 e. The van der Waals surface area contributed by atoms with E-state index in [0.29, 0.717) is 0 Å². The number of nitriles is 1. The third kappa shape index (κ3) is 1.60. The minimum absolute atomic E-state index is 0.179. The second-order valence-electron chi connectivity index (χ2n) is 1.62. The molecular formula is C6H3Br2NS. The van der Waals surface area contributed by atoms with Crippen molar-refractivity contribution in [1.29, 1.82) is 5.26 Å². The lowest BCUT2D eigenvalue weighted by atomic mass is 10.4. The minimum Gasteiger partial charge on any atom is -0.197 e. The highest BCUT2D eigenvalue weighted by molar-refractivity contribution is 9.11. The molecule has 0 fully saturated rings. The fraction of sp³-hybridized carbons (Fsp3) is 0.167. The van der Waals surface area contributed by atoms with Crippen molar-refractivity contribution in [1.82, 2.24) is 0 Å². The summed E-state index contributed by atoms with van der Waals surface area (Å²) in [5, 5.41) is 10.5. The molecule has 0 saturated heterocycles. The predicted molar refractivity (Wildman–Crippen MR) is 49.3 cm³/mol. The van der Waals surface area contributed by atoms with Crippen LogP contribution in [0, 0.1) is 11.3 Å². The molecule has 0 amide bonds. The van der Waals surface area contributed by atoms with E-state index in [1.54, 1.807) is 11.3 Å². The second-order valence-corrected chi connectivity index (χ2v) is 4.34. The minimum atomic E-state index is -0.179. The van der Waals surface area contributed by atoms with Gasteiger partial charge < -0.3 is 0 Å². The van der Waals surface area contributed by atoms with Crippen LogP contribution in [0.1, 0.15) is 9.70 Å². The van der Waals surface area contributed by atoms with E-state index in [1.165, 1.54) is 0 Å². The van der Waals surface area contributed by atoms with Crippen LogP contribution in [-0.4, -0.2) is 0 Å². The Kier molecular flexibility index (Phi) is 2.90. The first kappa shape index (κ1) is 8.25. The lowest BCUT2D eigenvalue weighted by molar-refractivity contribution is 1.29. The molecule has 52 valence electrons. The van der Waals surface area contributed by atoms with Crippen LogP contribution < -0.4 is 0 Å². The van der Waals surface area contributed by atoms with E-state index >= 15 is 0 Å². The number of nitrogens with zero attached hydrogens (tertiary/aromatic N) is 1. The monoisotopic (exact) mass is 279 g/mol. The molecule has 1 heterocycles. The average molecular weight is 281 g/mol. The maximum atomic E-state index is 8.52.